The van der Waals surface area contributed by atoms with Gasteiger partial charge in [-0.3, -0.25) is 0 Å². The van der Waals surface area contributed by atoms with Gasteiger partial charge in [0.05, 0.1) is 11.9 Å². The van der Waals surface area contributed by atoms with Crippen LogP contribution in [0.3, 0.4) is 0 Å². The topological polar surface area (TPSA) is 49.2 Å². The lowest BCUT2D eigenvalue weighted by Crippen LogP contribution is -2.15. The molecule has 0 N–H and O–H groups in total. The van der Waals surface area contributed by atoms with Gasteiger partial charge in [0, 0.05) is 33.8 Å². The van der Waals surface area contributed by atoms with Gasteiger partial charge < -0.3 is 14.0 Å². The molecule has 5 nitrogen and oxygen atoms in total. The third-order valence-electron chi connectivity index (χ3n) is 2.52. The van der Waals surface area contributed by atoms with Gasteiger partial charge in [-0.2, -0.15) is 0 Å². The summed E-state index contributed by atoms with van der Waals surface area (Å²) >= 11 is 3.42. The second-order valence-electron chi connectivity index (χ2n) is 4.08. The first-order valence-corrected chi connectivity index (χ1v) is 6.79. The maximum absolute atomic E-state index is 5.14. The van der Waals surface area contributed by atoms with E-state index in [1.54, 1.807) is 14.2 Å². The Balaban J connectivity index is 2.72. The van der Waals surface area contributed by atoms with Crippen LogP contribution in [0.25, 0.3) is 0 Å². The predicted molar refractivity (Wildman–Crippen MR) is 69.3 cm³/mol. The van der Waals surface area contributed by atoms with Crippen LogP contribution in [0.4, 0.5) is 0 Å². The molecular formula is C11H20BrN3O2. The molecule has 0 aliphatic carbocycles. The van der Waals surface area contributed by atoms with Crippen LogP contribution in [-0.2, 0) is 27.8 Å². The average Bonchev–Trinajstić information content (AvgIpc) is 2.69. The normalized spacial score (nSPS) is 12.9. The van der Waals surface area contributed by atoms with Crippen molar-refractivity contribution in [2.75, 3.05) is 27.4 Å². The number of hydrogen-bond acceptors (Lipinski definition) is 4. The molecule has 0 bridgehead atoms. The molecule has 0 aliphatic heterocycles. The first-order valence-electron chi connectivity index (χ1n) is 5.67. The van der Waals surface area contributed by atoms with Gasteiger partial charge >= 0.3 is 0 Å². The van der Waals surface area contributed by atoms with Gasteiger partial charge in [-0.25, -0.2) is 0 Å². The zero-order valence-electron chi connectivity index (χ0n) is 10.6. The van der Waals surface area contributed by atoms with Gasteiger partial charge in [-0.05, 0) is 5.92 Å². The maximum Gasteiger partial charge on any atom is 0.143 e. The van der Waals surface area contributed by atoms with Crippen molar-refractivity contribution in [3.8, 4) is 0 Å². The van der Waals surface area contributed by atoms with Crippen LogP contribution in [0.15, 0.2) is 0 Å². The molecule has 1 atom stereocenters. The zero-order valence-corrected chi connectivity index (χ0v) is 12.2. The third-order valence-corrected chi connectivity index (χ3v) is 3.03. The molecule has 0 fully saturated rings. The lowest BCUT2D eigenvalue weighted by Gasteiger charge is -2.12. The number of rotatable bonds is 8. The van der Waals surface area contributed by atoms with E-state index in [4.69, 9.17) is 9.47 Å². The molecule has 6 heteroatoms. The summed E-state index contributed by atoms with van der Waals surface area (Å²) in [7, 11) is 3.42. The van der Waals surface area contributed by atoms with E-state index in [1.807, 2.05) is 0 Å². The van der Waals surface area contributed by atoms with Crippen molar-refractivity contribution in [2.24, 2.45) is 5.92 Å². The highest BCUT2D eigenvalue weighted by molar-refractivity contribution is 9.08. The van der Waals surface area contributed by atoms with Crippen molar-refractivity contribution in [1.29, 1.82) is 0 Å². The number of methoxy groups -OCH3 is 2. The summed E-state index contributed by atoms with van der Waals surface area (Å²) < 4.78 is 12.4. The first-order chi connectivity index (χ1) is 8.22. The van der Waals surface area contributed by atoms with Crippen LogP contribution >= 0.6 is 15.9 Å². The van der Waals surface area contributed by atoms with Crippen LogP contribution < -0.4 is 0 Å². The summed E-state index contributed by atoms with van der Waals surface area (Å²) in [5.74, 6) is 2.39. The highest BCUT2D eigenvalue weighted by atomic mass is 79.9. The average molecular weight is 306 g/mol. The van der Waals surface area contributed by atoms with E-state index in [1.165, 1.54) is 0 Å². The maximum atomic E-state index is 5.14. The molecule has 1 rings (SSSR count). The summed E-state index contributed by atoms with van der Waals surface area (Å²) in [6.45, 7) is 4.34. The van der Waals surface area contributed by atoms with E-state index in [9.17, 15) is 0 Å². The van der Waals surface area contributed by atoms with Crippen LogP contribution in [0.2, 0.25) is 0 Å². The van der Waals surface area contributed by atoms with Crippen molar-refractivity contribution in [3.63, 3.8) is 0 Å². The fourth-order valence-electron chi connectivity index (χ4n) is 1.72. The van der Waals surface area contributed by atoms with Crippen LogP contribution in [0, 0.1) is 5.92 Å². The van der Waals surface area contributed by atoms with Crippen LogP contribution in [-0.4, -0.2) is 42.2 Å². The molecule has 1 unspecified atom stereocenters. The molecular weight excluding hydrogens is 286 g/mol. The molecule has 0 aliphatic rings. The largest absolute Gasteiger partial charge is 0.384 e. The van der Waals surface area contributed by atoms with Crippen molar-refractivity contribution in [3.05, 3.63) is 11.6 Å². The van der Waals surface area contributed by atoms with Crippen molar-refractivity contribution in [1.82, 2.24) is 14.8 Å². The van der Waals surface area contributed by atoms with Gasteiger partial charge in [-0.15, -0.1) is 10.2 Å². The minimum Gasteiger partial charge on any atom is -0.384 e. The Bertz CT molecular complexity index is 331. The highest BCUT2D eigenvalue weighted by Gasteiger charge is 2.13. The summed E-state index contributed by atoms with van der Waals surface area (Å²) in [5, 5.41) is 9.12. The molecule has 98 valence electrons. The third kappa shape index (κ3) is 4.37. The molecule has 1 heterocycles. The molecule has 0 saturated carbocycles. The second-order valence-corrected chi connectivity index (χ2v) is 4.64. The molecule has 0 radical (unpaired) electrons. The molecule has 17 heavy (non-hydrogen) atoms. The Morgan fingerprint density at radius 2 is 1.94 bits per heavy atom. The van der Waals surface area contributed by atoms with Crippen molar-refractivity contribution >= 4 is 15.9 Å². The molecule has 0 saturated heterocycles. The number of nitrogens with zero attached hydrogens (tertiary/aromatic N) is 3. The quantitative estimate of drug-likeness (QED) is 0.685. The lowest BCUT2D eigenvalue weighted by atomic mass is 10.1. The van der Waals surface area contributed by atoms with Crippen LogP contribution in [0.5, 0.6) is 0 Å². The number of aromatic nitrogens is 3. The predicted octanol–water partition coefficient (Wildman–Crippen LogP) is 1.64. The Labute approximate surface area is 111 Å². The highest BCUT2D eigenvalue weighted by Crippen LogP contribution is 2.11. The van der Waals surface area contributed by atoms with Crippen molar-refractivity contribution in [2.45, 2.75) is 25.2 Å². The van der Waals surface area contributed by atoms with Crippen molar-refractivity contribution < 1.29 is 9.47 Å². The van der Waals surface area contributed by atoms with E-state index in [2.05, 4.69) is 37.6 Å². The Kier molecular flexibility index (Phi) is 6.69. The summed E-state index contributed by atoms with van der Waals surface area (Å²) in [5.41, 5.74) is 0. The lowest BCUT2D eigenvalue weighted by molar-refractivity contribution is 0.157. The fraction of sp³-hybridized carbons (Fsp3) is 0.818. The summed E-state index contributed by atoms with van der Waals surface area (Å²) in [6.07, 6.45) is 0.873. The number of halogens is 1. The minimum absolute atomic E-state index is 0.439. The van der Waals surface area contributed by atoms with Gasteiger partial charge in [0.2, 0.25) is 0 Å². The van der Waals surface area contributed by atoms with E-state index in [-0.39, 0.29) is 0 Å². The Morgan fingerprint density at radius 3 is 2.53 bits per heavy atom. The summed E-state index contributed by atoms with van der Waals surface area (Å²) in [4.78, 5) is 0. The molecule has 1 aromatic heterocycles. The summed E-state index contributed by atoms with van der Waals surface area (Å²) in [6, 6.07) is 0. The van der Waals surface area contributed by atoms with Gasteiger partial charge in [0.15, 0.2) is 0 Å². The minimum atomic E-state index is 0.439. The Hall–Kier alpha value is -0.460. The van der Waals surface area contributed by atoms with E-state index < -0.39 is 0 Å². The molecule has 0 amide bonds. The molecule has 1 aromatic rings. The Morgan fingerprint density at radius 1 is 1.24 bits per heavy atom. The monoisotopic (exact) mass is 305 g/mol. The molecule has 0 spiro atoms. The van der Waals surface area contributed by atoms with E-state index >= 15 is 0 Å². The number of hydrogen-bond donors (Lipinski definition) is 0. The number of ether oxygens (including phenoxy) is 2. The number of alkyl halides is 1. The fourth-order valence-corrected chi connectivity index (χ4v) is 2.13. The standard InChI is InChI=1S/C11H20BrN3O2/c1-9(8-17-3)6-10-13-14-11(7-12)15(10)4-5-16-2/h9H,4-8H2,1-3H3. The SMILES string of the molecule is COCCn1c(CBr)nnc1CC(C)COC. The van der Waals surface area contributed by atoms with Gasteiger partial charge in [0.25, 0.3) is 0 Å². The van der Waals surface area contributed by atoms with Gasteiger partial charge in [-0.1, -0.05) is 22.9 Å². The van der Waals surface area contributed by atoms with E-state index in [0.29, 0.717) is 17.9 Å². The van der Waals surface area contributed by atoms with Gasteiger partial charge in [0.1, 0.15) is 11.6 Å². The van der Waals surface area contributed by atoms with Crippen LogP contribution in [0.1, 0.15) is 18.6 Å². The smallest absolute Gasteiger partial charge is 0.143 e. The first kappa shape index (κ1) is 14.6. The zero-order chi connectivity index (χ0) is 12.7. The molecule has 0 aromatic carbocycles. The second kappa shape index (κ2) is 7.79. The van der Waals surface area contributed by atoms with E-state index in [0.717, 1.165) is 31.2 Å².